The van der Waals surface area contributed by atoms with E-state index in [0.717, 1.165) is 0 Å². The highest BCUT2D eigenvalue weighted by Crippen LogP contribution is 2.07. The number of rotatable bonds is 9. The predicted molar refractivity (Wildman–Crippen MR) is 64.3 cm³/mol. The van der Waals surface area contributed by atoms with Crippen molar-refractivity contribution in [1.29, 1.82) is 0 Å². The Morgan fingerprint density at radius 2 is 2.00 bits per heavy atom. The van der Waals surface area contributed by atoms with Crippen LogP contribution in [-0.2, 0) is 19.6 Å². The fourth-order valence-corrected chi connectivity index (χ4v) is 2.48. The molecule has 0 aliphatic carbocycles. The number of sulfonamides is 1. The minimum Gasteiger partial charge on any atom is -0.481 e. The zero-order valence-electron chi connectivity index (χ0n) is 10.5. The van der Waals surface area contributed by atoms with Crippen molar-refractivity contribution in [2.75, 3.05) is 19.0 Å². The molecule has 7 heteroatoms. The maximum Gasteiger partial charge on any atom is 0.304 e. The lowest BCUT2D eigenvalue weighted by Gasteiger charge is -2.20. The van der Waals surface area contributed by atoms with Gasteiger partial charge in [0.05, 0.1) is 18.8 Å². The molecular formula is C10H21NO5S. The molecule has 0 saturated carbocycles. The van der Waals surface area contributed by atoms with Gasteiger partial charge in [0, 0.05) is 12.6 Å². The van der Waals surface area contributed by atoms with Crippen molar-refractivity contribution in [3.8, 4) is 0 Å². The topological polar surface area (TPSA) is 92.7 Å². The normalized spacial score (nSPS) is 13.9. The van der Waals surface area contributed by atoms with Gasteiger partial charge in [0.25, 0.3) is 0 Å². The van der Waals surface area contributed by atoms with E-state index in [0.29, 0.717) is 6.61 Å². The molecule has 0 fully saturated rings. The molecule has 102 valence electrons. The third-order valence-corrected chi connectivity index (χ3v) is 3.60. The minimum absolute atomic E-state index is 0.0760. The first-order chi connectivity index (χ1) is 7.78. The van der Waals surface area contributed by atoms with Gasteiger partial charge in [-0.3, -0.25) is 4.79 Å². The Morgan fingerprint density at radius 1 is 1.41 bits per heavy atom. The van der Waals surface area contributed by atoms with Gasteiger partial charge in [0.15, 0.2) is 0 Å². The Morgan fingerprint density at radius 3 is 2.41 bits per heavy atom. The standard InChI is InChI=1S/C10H21NO5S/c1-4-16-5-6-17(14,15)11-9(8(2)3)7-10(12)13/h8-9,11H,4-7H2,1-3H3,(H,12,13). The summed E-state index contributed by atoms with van der Waals surface area (Å²) < 4.78 is 30.6. The van der Waals surface area contributed by atoms with E-state index in [1.54, 1.807) is 20.8 Å². The molecule has 0 radical (unpaired) electrons. The molecule has 0 spiro atoms. The molecule has 0 aromatic heterocycles. The van der Waals surface area contributed by atoms with Crippen LogP contribution in [-0.4, -0.2) is 44.5 Å². The summed E-state index contributed by atoms with van der Waals surface area (Å²) in [4.78, 5) is 10.6. The maximum atomic E-state index is 11.6. The van der Waals surface area contributed by atoms with E-state index in [4.69, 9.17) is 9.84 Å². The average Bonchev–Trinajstić information content (AvgIpc) is 2.15. The smallest absolute Gasteiger partial charge is 0.304 e. The Kier molecular flexibility index (Phi) is 7.33. The number of hydrogen-bond acceptors (Lipinski definition) is 4. The van der Waals surface area contributed by atoms with E-state index in [1.165, 1.54) is 0 Å². The summed E-state index contributed by atoms with van der Waals surface area (Å²) in [7, 11) is -3.48. The van der Waals surface area contributed by atoms with Gasteiger partial charge in [0.1, 0.15) is 0 Å². The summed E-state index contributed by atoms with van der Waals surface area (Å²) >= 11 is 0. The van der Waals surface area contributed by atoms with Crippen LogP contribution in [0.1, 0.15) is 27.2 Å². The molecule has 1 atom stereocenters. The second kappa shape index (κ2) is 7.62. The zero-order valence-corrected chi connectivity index (χ0v) is 11.3. The van der Waals surface area contributed by atoms with Gasteiger partial charge in [-0.2, -0.15) is 0 Å². The van der Waals surface area contributed by atoms with Crippen molar-refractivity contribution >= 4 is 16.0 Å². The van der Waals surface area contributed by atoms with Crippen LogP contribution in [0.3, 0.4) is 0 Å². The minimum atomic E-state index is -3.48. The number of carbonyl (C=O) groups is 1. The van der Waals surface area contributed by atoms with Gasteiger partial charge in [-0.15, -0.1) is 0 Å². The Balaban J connectivity index is 4.37. The lowest BCUT2D eigenvalue weighted by molar-refractivity contribution is -0.137. The molecule has 0 amide bonds. The Hall–Kier alpha value is -0.660. The van der Waals surface area contributed by atoms with Gasteiger partial charge in [0.2, 0.25) is 10.0 Å². The van der Waals surface area contributed by atoms with Gasteiger partial charge in [-0.25, -0.2) is 13.1 Å². The fraction of sp³-hybridized carbons (Fsp3) is 0.900. The molecule has 0 aliphatic rings. The number of ether oxygens (including phenoxy) is 1. The number of nitrogens with one attached hydrogen (secondary N) is 1. The van der Waals surface area contributed by atoms with E-state index >= 15 is 0 Å². The van der Waals surface area contributed by atoms with Crippen LogP contribution in [0, 0.1) is 5.92 Å². The summed E-state index contributed by atoms with van der Waals surface area (Å²) in [5.74, 6) is -1.24. The Labute approximate surface area is 102 Å². The van der Waals surface area contributed by atoms with Crippen molar-refractivity contribution in [3.63, 3.8) is 0 Å². The van der Waals surface area contributed by atoms with Gasteiger partial charge < -0.3 is 9.84 Å². The molecule has 0 heterocycles. The molecule has 0 aromatic carbocycles. The zero-order chi connectivity index (χ0) is 13.5. The SMILES string of the molecule is CCOCCS(=O)(=O)NC(CC(=O)O)C(C)C. The Bertz CT molecular complexity index is 326. The van der Waals surface area contributed by atoms with Crippen LogP contribution >= 0.6 is 0 Å². The van der Waals surface area contributed by atoms with Crippen molar-refractivity contribution in [1.82, 2.24) is 4.72 Å². The van der Waals surface area contributed by atoms with Gasteiger partial charge in [-0.05, 0) is 12.8 Å². The van der Waals surface area contributed by atoms with Crippen LogP contribution in [0.5, 0.6) is 0 Å². The largest absolute Gasteiger partial charge is 0.481 e. The van der Waals surface area contributed by atoms with Crippen molar-refractivity contribution in [3.05, 3.63) is 0 Å². The summed E-state index contributed by atoms with van der Waals surface area (Å²) in [6.07, 6.45) is -0.217. The summed E-state index contributed by atoms with van der Waals surface area (Å²) in [5, 5.41) is 8.68. The maximum absolute atomic E-state index is 11.6. The summed E-state index contributed by atoms with van der Waals surface area (Å²) in [6.45, 7) is 5.90. The molecule has 17 heavy (non-hydrogen) atoms. The highest BCUT2D eigenvalue weighted by Gasteiger charge is 2.22. The highest BCUT2D eigenvalue weighted by atomic mass is 32.2. The molecule has 1 unspecified atom stereocenters. The lowest BCUT2D eigenvalue weighted by Crippen LogP contribution is -2.41. The molecule has 0 rings (SSSR count). The van der Waals surface area contributed by atoms with Crippen LogP contribution in [0.4, 0.5) is 0 Å². The number of carboxylic acid groups (broad SMARTS) is 1. The first-order valence-electron chi connectivity index (χ1n) is 5.58. The molecule has 0 aliphatic heterocycles. The average molecular weight is 267 g/mol. The summed E-state index contributed by atoms with van der Waals surface area (Å²) in [5.41, 5.74) is 0. The molecular weight excluding hydrogens is 246 g/mol. The second-order valence-corrected chi connectivity index (χ2v) is 5.96. The molecule has 6 nitrogen and oxygen atoms in total. The van der Waals surface area contributed by atoms with E-state index in [9.17, 15) is 13.2 Å². The third-order valence-electron chi connectivity index (χ3n) is 2.23. The predicted octanol–water partition coefficient (Wildman–Crippen LogP) is 0.442. The molecule has 0 bridgehead atoms. The van der Waals surface area contributed by atoms with E-state index in [1.807, 2.05) is 0 Å². The monoisotopic (exact) mass is 267 g/mol. The number of aliphatic carboxylic acids is 1. The fourth-order valence-electron chi connectivity index (χ4n) is 1.20. The quantitative estimate of drug-likeness (QED) is 0.591. The third kappa shape index (κ3) is 8.12. The first-order valence-corrected chi connectivity index (χ1v) is 7.23. The molecule has 0 aromatic rings. The summed E-state index contributed by atoms with van der Waals surface area (Å²) in [6, 6.07) is -0.584. The van der Waals surface area contributed by atoms with Crippen molar-refractivity contribution in [2.45, 2.75) is 33.2 Å². The van der Waals surface area contributed by atoms with E-state index in [2.05, 4.69) is 4.72 Å². The van der Waals surface area contributed by atoms with Gasteiger partial charge in [-0.1, -0.05) is 13.8 Å². The number of hydrogen-bond donors (Lipinski definition) is 2. The van der Waals surface area contributed by atoms with Crippen molar-refractivity contribution in [2.24, 2.45) is 5.92 Å². The van der Waals surface area contributed by atoms with E-state index < -0.39 is 22.0 Å². The second-order valence-electron chi connectivity index (χ2n) is 4.08. The molecule has 0 saturated heterocycles. The van der Waals surface area contributed by atoms with E-state index in [-0.39, 0.29) is 24.7 Å². The van der Waals surface area contributed by atoms with Crippen LogP contribution in [0.2, 0.25) is 0 Å². The van der Waals surface area contributed by atoms with Gasteiger partial charge >= 0.3 is 5.97 Å². The molecule has 2 N–H and O–H groups in total. The first kappa shape index (κ1) is 16.3. The number of carboxylic acids is 1. The highest BCUT2D eigenvalue weighted by molar-refractivity contribution is 7.89. The lowest BCUT2D eigenvalue weighted by atomic mass is 10.0. The van der Waals surface area contributed by atoms with Crippen LogP contribution in [0.15, 0.2) is 0 Å². The van der Waals surface area contributed by atoms with Crippen LogP contribution < -0.4 is 4.72 Å². The van der Waals surface area contributed by atoms with Crippen molar-refractivity contribution < 1.29 is 23.1 Å². The van der Waals surface area contributed by atoms with Crippen LogP contribution in [0.25, 0.3) is 0 Å².